The first-order valence-electron chi connectivity index (χ1n) is 8.57. The lowest BCUT2D eigenvalue weighted by molar-refractivity contribution is -0.141. The molecule has 0 bridgehead atoms. The fourth-order valence-electron chi connectivity index (χ4n) is 3.49. The van der Waals surface area contributed by atoms with Gasteiger partial charge in [-0.25, -0.2) is 0 Å². The lowest BCUT2D eigenvalue weighted by atomic mass is 9.74. The molecule has 1 aliphatic heterocycles. The summed E-state index contributed by atoms with van der Waals surface area (Å²) in [6, 6.07) is 14.7. The van der Waals surface area contributed by atoms with Crippen LogP contribution in [0.15, 0.2) is 60.3 Å². The van der Waals surface area contributed by atoms with E-state index in [1.807, 2.05) is 67.3 Å². The molecule has 0 aliphatic carbocycles. The van der Waals surface area contributed by atoms with Gasteiger partial charge in [0.05, 0.1) is 18.3 Å². The normalized spacial score (nSPS) is 21.7. The Morgan fingerprint density at radius 1 is 1.23 bits per heavy atom. The zero-order chi connectivity index (χ0) is 18.7. The largest absolute Gasteiger partial charge is 0.480 e. The van der Waals surface area contributed by atoms with Gasteiger partial charge < -0.3 is 5.11 Å². The number of carbonyl (C=O) groups is 2. The number of rotatable bonds is 4. The zero-order valence-electron chi connectivity index (χ0n) is 14.9. The van der Waals surface area contributed by atoms with E-state index in [1.165, 1.54) is 0 Å². The van der Waals surface area contributed by atoms with Crippen molar-refractivity contribution in [2.75, 3.05) is 13.1 Å². The summed E-state index contributed by atoms with van der Waals surface area (Å²) in [6.07, 6.45) is 3.47. The van der Waals surface area contributed by atoms with Crippen molar-refractivity contribution in [3.05, 3.63) is 71.6 Å². The topological polar surface area (TPSA) is 70.5 Å². The number of aliphatic carboxylic acids is 1. The average molecular weight is 350 g/mol. The molecule has 1 aromatic carbocycles. The van der Waals surface area contributed by atoms with Gasteiger partial charge in [-0.05, 0) is 23.8 Å². The maximum Gasteiger partial charge on any atom is 0.317 e. The Kier molecular flexibility index (Phi) is 5.00. The van der Waals surface area contributed by atoms with Gasteiger partial charge in [0.2, 0.25) is 0 Å². The molecule has 3 rings (SSSR count). The molecule has 0 radical (unpaired) electrons. The van der Waals surface area contributed by atoms with Crippen molar-refractivity contribution < 1.29 is 14.7 Å². The van der Waals surface area contributed by atoms with Gasteiger partial charge in [-0.1, -0.05) is 50.2 Å². The van der Waals surface area contributed by atoms with Crippen LogP contribution in [0.4, 0.5) is 0 Å². The molecule has 1 saturated heterocycles. The van der Waals surface area contributed by atoms with Crippen LogP contribution in [0.5, 0.6) is 0 Å². The van der Waals surface area contributed by atoms with Gasteiger partial charge >= 0.3 is 5.97 Å². The van der Waals surface area contributed by atoms with Crippen molar-refractivity contribution >= 4 is 17.8 Å². The molecule has 134 valence electrons. The first kappa shape index (κ1) is 18.0. The van der Waals surface area contributed by atoms with Crippen LogP contribution in [-0.4, -0.2) is 39.8 Å². The number of hydrogen-bond donors (Lipinski definition) is 1. The predicted molar refractivity (Wildman–Crippen MR) is 99.4 cm³/mol. The number of aromatic nitrogens is 1. The number of pyridine rings is 1. The van der Waals surface area contributed by atoms with E-state index in [1.54, 1.807) is 12.3 Å². The SMILES string of the molecule is CC1(C)CN(CC(=O)O)C(c2ccccc2)C(=Cc2ccccn2)C1=O. The lowest BCUT2D eigenvalue weighted by Crippen LogP contribution is -2.50. The number of carboxylic acids is 1. The van der Waals surface area contributed by atoms with Gasteiger partial charge in [0.15, 0.2) is 5.78 Å². The third-order valence-electron chi connectivity index (χ3n) is 4.58. The molecule has 0 spiro atoms. The Balaban J connectivity index is 2.15. The molecule has 5 heteroatoms. The molecule has 0 amide bonds. The second kappa shape index (κ2) is 7.22. The summed E-state index contributed by atoms with van der Waals surface area (Å²) in [5.41, 5.74) is 1.50. The summed E-state index contributed by atoms with van der Waals surface area (Å²) < 4.78 is 0. The average Bonchev–Trinajstić information content (AvgIpc) is 2.60. The number of piperidine rings is 1. The second-order valence-electron chi connectivity index (χ2n) is 7.18. The summed E-state index contributed by atoms with van der Waals surface area (Å²) in [5.74, 6) is -0.882. The molecule has 1 unspecified atom stereocenters. The molecular weight excluding hydrogens is 328 g/mol. The molecule has 5 nitrogen and oxygen atoms in total. The number of likely N-dealkylation sites (tertiary alicyclic amines) is 1. The molecule has 2 aromatic rings. The lowest BCUT2D eigenvalue weighted by Gasteiger charge is -2.43. The van der Waals surface area contributed by atoms with E-state index >= 15 is 0 Å². The van der Waals surface area contributed by atoms with E-state index in [0.717, 1.165) is 5.56 Å². The van der Waals surface area contributed by atoms with Crippen molar-refractivity contribution in [2.45, 2.75) is 19.9 Å². The van der Waals surface area contributed by atoms with Gasteiger partial charge in [-0.3, -0.25) is 19.5 Å². The van der Waals surface area contributed by atoms with Crippen molar-refractivity contribution in [2.24, 2.45) is 5.41 Å². The van der Waals surface area contributed by atoms with Crippen molar-refractivity contribution in [1.82, 2.24) is 9.88 Å². The van der Waals surface area contributed by atoms with Crippen LogP contribution in [0, 0.1) is 5.41 Å². The van der Waals surface area contributed by atoms with Crippen LogP contribution >= 0.6 is 0 Å². The van der Waals surface area contributed by atoms with Crippen LogP contribution in [0.25, 0.3) is 6.08 Å². The second-order valence-corrected chi connectivity index (χ2v) is 7.18. The molecule has 1 atom stereocenters. The van der Waals surface area contributed by atoms with Gasteiger partial charge in [0.1, 0.15) is 0 Å². The summed E-state index contributed by atoms with van der Waals surface area (Å²) in [5, 5.41) is 9.38. The van der Waals surface area contributed by atoms with Gasteiger partial charge in [0, 0.05) is 23.7 Å². The Hall–Kier alpha value is -2.79. The smallest absolute Gasteiger partial charge is 0.317 e. The highest BCUT2D eigenvalue weighted by Gasteiger charge is 2.44. The minimum Gasteiger partial charge on any atom is -0.480 e. The molecule has 1 fully saturated rings. The molecule has 0 saturated carbocycles. The van der Waals surface area contributed by atoms with Gasteiger partial charge in [-0.2, -0.15) is 0 Å². The van der Waals surface area contributed by atoms with E-state index < -0.39 is 17.4 Å². The fourth-order valence-corrected chi connectivity index (χ4v) is 3.49. The van der Waals surface area contributed by atoms with Crippen molar-refractivity contribution in [3.8, 4) is 0 Å². The predicted octanol–water partition coefficient (Wildman–Crippen LogP) is 3.20. The van der Waals surface area contributed by atoms with Gasteiger partial charge in [-0.15, -0.1) is 0 Å². The van der Waals surface area contributed by atoms with E-state index in [-0.39, 0.29) is 12.3 Å². The maximum absolute atomic E-state index is 13.2. The number of ketones is 1. The Bertz CT molecular complexity index is 829. The number of Topliss-reactive ketones (excluding diaryl/α,β-unsaturated/α-hetero) is 1. The Morgan fingerprint density at radius 3 is 2.54 bits per heavy atom. The number of benzene rings is 1. The third-order valence-corrected chi connectivity index (χ3v) is 4.58. The molecule has 26 heavy (non-hydrogen) atoms. The van der Waals surface area contributed by atoms with E-state index in [0.29, 0.717) is 17.8 Å². The van der Waals surface area contributed by atoms with E-state index in [4.69, 9.17) is 0 Å². The van der Waals surface area contributed by atoms with Crippen LogP contribution in [0.3, 0.4) is 0 Å². The highest BCUT2D eigenvalue weighted by molar-refractivity contribution is 6.05. The minimum absolute atomic E-state index is 0.0265. The van der Waals surface area contributed by atoms with Crippen LogP contribution < -0.4 is 0 Å². The first-order chi connectivity index (χ1) is 12.4. The van der Waals surface area contributed by atoms with Crippen LogP contribution in [0.1, 0.15) is 31.1 Å². The number of carboxylic acid groups (broad SMARTS) is 1. The van der Waals surface area contributed by atoms with E-state index in [9.17, 15) is 14.7 Å². The Labute approximate surface area is 153 Å². The minimum atomic E-state index is -0.909. The maximum atomic E-state index is 13.2. The van der Waals surface area contributed by atoms with Crippen molar-refractivity contribution in [3.63, 3.8) is 0 Å². The highest BCUT2D eigenvalue weighted by Crippen LogP contribution is 2.41. The Morgan fingerprint density at radius 2 is 1.92 bits per heavy atom. The number of hydrogen-bond acceptors (Lipinski definition) is 4. The summed E-state index contributed by atoms with van der Waals surface area (Å²) in [7, 11) is 0. The molecule has 1 aromatic heterocycles. The molecule has 1 aliphatic rings. The summed E-state index contributed by atoms with van der Waals surface area (Å²) in [6.45, 7) is 3.97. The van der Waals surface area contributed by atoms with Gasteiger partial charge in [0.25, 0.3) is 0 Å². The van der Waals surface area contributed by atoms with Crippen LogP contribution in [-0.2, 0) is 9.59 Å². The third kappa shape index (κ3) is 3.73. The summed E-state index contributed by atoms with van der Waals surface area (Å²) in [4.78, 5) is 30.8. The number of nitrogens with zero attached hydrogens (tertiary/aromatic N) is 2. The van der Waals surface area contributed by atoms with Crippen molar-refractivity contribution in [1.29, 1.82) is 0 Å². The standard InChI is InChI=1S/C21H22N2O3/c1-21(2)14-23(13-18(24)25)19(15-8-4-3-5-9-15)17(20(21)26)12-16-10-6-7-11-22-16/h3-12,19H,13-14H2,1-2H3,(H,24,25). The monoisotopic (exact) mass is 350 g/mol. The molecular formula is C21H22N2O3. The highest BCUT2D eigenvalue weighted by atomic mass is 16.4. The zero-order valence-corrected chi connectivity index (χ0v) is 14.9. The molecule has 1 N–H and O–H groups in total. The fraction of sp³-hybridized carbons (Fsp3) is 0.286. The quantitative estimate of drug-likeness (QED) is 0.858. The summed E-state index contributed by atoms with van der Waals surface area (Å²) >= 11 is 0. The first-order valence-corrected chi connectivity index (χ1v) is 8.57. The molecule has 2 heterocycles. The number of carbonyl (C=O) groups excluding carboxylic acids is 1. The van der Waals surface area contributed by atoms with Crippen LogP contribution in [0.2, 0.25) is 0 Å². The van der Waals surface area contributed by atoms with E-state index in [2.05, 4.69) is 4.98 Å².